The van der Waals surface area contributed by atoms with Gasteiger partial charge in [-0.05, 0) is 41.2 Å². The average Bonchev–Trinajstić information content (AvgIpc) is 3.33. The molecule has 1 unspecified atom stereocenters. The number of carbonyl (C=O) groups is 1. The van der Waals surface area contributed by atoms with Crippen LogP contribution in [0.25, 0.3) is 21.7 Å². The third-order valence-corrected chi connectivity index (χ3v) is 6.34. The molecule has 156 valence electrons. The Morgan fingerprint density at radius 1 is 1.06 bits per heavy atom. The Kier molecular flexibility index (Phi) is 3.79. The number of nitrogens with one attached hydrogen (secondary N) is 1. The Morgan fingerprint density at radius 2 is 1.84 bits per heavy atom. The molecule has 0 saturated heterocycles. The fourth-order valence-electron chi connectivity index (χ4n) is 4.70. The molecule has 3 heterocycles. The number of fused-ring (bicyclic) bond motifs is 5. The second-order valence-corrected chi connectivity index (χ2v) is 8.30. The van der Waals surface area contributed by atoms with Crippen molar-refractivity contribution in [2.24, 2.45) is 10.8 Å². The van der Waals surface area contributed by atoms with Gasteiger partial charge in [0.15, 0.2) is 10.7 Å². The first kappa shape index (κ1) is 18.7. The standard InChI is InChI=1S/C24H16N4O3S/c25-23(32)28-24(17-7-3-4-8-18(17)26-22(24)30)12-19(27-28)16-11-15-14-6-2-1-5-13(14)9-10-20(15)31-21(16)29/h1-11H,12H2,(H2,25,32)(H,26,30). The fraction of sp³-hybridized carbons (Fsp3) is 0.0833. The maximum atomic E-state index is 13.2. The average molecular weight is 440 g/mol. The molecule has 32 heavy (non-hydrogen) atoms. The van der Waals surface area contributed by atoms with E-state index in [-0.39, 0.29) is 23.0 Å². The van der Waals surface area contributed by atoms with Crippen molar-refractivity contribution in [1.82, 2.24) is 5.01 Å². The molecule has 2 aliphatic rings. The van der Waals surface area contributed by atoms with Crippen molar-refractivity contribution in [3.05, 3.63) is 88.3 Å². The number of benzene rings is 3. The minimum atomic E-state index is -1.24. The maximum Gasteiger partial charge on any atom is 0.345 e. The predicted octanol–water partition coefficient (Wildman–Crippen LogP) is 3.45. The molecule has 0 bridgehead atoms. The highest BCUT2D eigenvalue weighted by Crippen LogP contribution is 2.47. The number of hydrogen-bond acceptors (Lipinski definition) is 5. The second-order valence-electron chi connectivity index (χ2n) is 7.88. The minimum absolute atomic E-state index is 0.0533. The predicted molar refractivity (Wildman–Crippen MR) is 127 cm³/mol. The summed E-state index contributed by atoms with van der Waals surface area (Å²) in [7, 11) is 0. The lowest BCUT2D eigenvalue weighted by Gasteiger charge is -2.30. The van der Waals surface area contributed by atoms with Crippen molar-refractivity contribution in [2.45, 2.75) is 12.0 Å². The van der Waals surface area contributed by atoms with Crippen LogP contribution in [0.5, 0.6) is 0 Å². The zero-order valence-electron chi connectivity index (χ0n) is 16.7. The lowest BCUT2D eigenvalue weighted by atomic mass is 9.85. The van der Waals surface area contributed by atoms with Crippen LogP contribution in [-0.2, 0) is 10.3 Å². The molecule has 8 heteroatoms. The lowest BCUT2D eigenvalue weighted by Crippen LogP contribution is -2.50. The van der Waals surface area contributed by atoms with Crippen molar-refractivity contribution >= 4 is 56.4 Å². The highest BCUT2D eigenvalue weighted by atomic mass is 32.1. The van der Waals surface area contributed by atoms with Gasteiger partial charge in [-0.1, -0.05) is 48.5 Å². The van der Waals surface area contributed by atoms with Gasteiger partial charge in [-0.25, -0.2) is 9.80 Å². The minimum Gasteiger partial charge on any atom is -0.422 e. The zero-order valence-corrected chi connectivity index (χ0v) is 17.5. The highest BCUT2D eigenvalue weighted by molar-refractivity contribution is 7.80. The molecule has 3 N–H and O–H groups in total. The van der Waals surface area contributed by atoms with E-state index in [0.29, 0.717) is 22.5 Å². The van der Waals surface area contributed by atoms with Crippen LogP contribution < -0.4 is 16.7 Å². The Balaban J connectivity index is 1.57. The molecule has 1 aromatic heterocycles. The first-order valence-electron chi connectivity index (χ1n) is 10.0. The van der Waals surface area contributed by atoms with Gasteiger partial charge in [0.25, 0.3) is 5.91 Å². The SMILES string of the molecule is NC(=S)N1N=C(c2cc3c(ccc4ccccc43)oc2=O)CC12C(=O)Nc1ccccc12. The normalized spacial score (nSPS) is 19.4. The van der Waals surface area contributed by atoms with Gasteiger partial charge >= 0.3 is 5.63 Å². The Morgan fingerprint density at radius 3 is 2.69 bits per heavy atom. The summed E-state index contributed by atoms with van der Waals surface area (Å²) in [5.41, 5.74) is 6.77. The molecule has 0 radical (unpaired) electrons. The van der Waals surface area contributed by atoms with E-state index in [1.807, 2.05) is 54.6 Å². The number of hydrazone groups is 1. The van der Waals surface area contributed by atoms with Gasteiger partial charge in [0.05, 0.1) is 11.3 Å². The van der Waals surface area contributed by atoms with Crippen LogP contribution >= 0.6 is 12.2 Å². The summed E-state index contributed by atoms with van der Waals surface area (Å²) in [6, 6.07) is 20.7. The summed E-state index contributed by atoms with van der Waals surface area (Å²) in [4.78, 5) is 26.1. The Bertz CT molecular complexity index is 1570. The van der Waals surface area contributed by atoms with E-state index in [0.717, 1.165) is 16.2 Å². The summed E-state index contributed by atoms with van der Waals surface area (Å²) in [5.74, 6) is -0.291. The van der Waals surface area contributed by atoms with Crippen LogP contribution in [0.3, 0.4) is 0 Å². The number of nitrogens with two attached hydrogens (primary N) is 1. The monoisotopic (exact) mass is 440 g/mol. The molecule has 2 aliphatic heterocycles. The van der Waals surface area contributed by atoms with Crippen molar-refractivity contribution in [3.63, 3.8) is 0 Å². The summed E-state index contributed by atoms with van der Waals surface area (Å²) < 4.78 is 5.64. The van der Waals surface area contributed by atoms with Crippen molar-refractivity contribution in [1.29, 1.82) is 0 Å². The number of hydrogen-bond donors (Lipinski definition) is 2. The third-order valence-electron chi connectivity index (χ3n) is 6.16. The van der Waals surface area contributed by atoms with Gasteiger partial charge in [-0.3, -0.25) is 4.79 Å². The molecule has 6 rings (SSSR count). The van der Waals surface area contributed by atoms with Crippen LogP contribution in [0, 0.1) is 0 Å². The van der Waals surface area contributed by atoms with Gasteiger partial charge in [0.1, 0.15) is 5.58 Å². The van der Waals surface area contributed by atoms with Crippen LogP contribution in [0.4, 0.5) is 5.69 Å². The molecule has 7 nitrogen and oxygen atoms in total. The number of amides is 1. The topological polar surface area (TPSA) is 101 Å². The number of thiocarbonyl (C=S) groups is 1. The summed E-state index contributed by atoms with van der Waals surface area (Å²) in [5, 5.41) is 11.5. The van der Waals surface area contributed by atoms with Crippen LogP contribution in [0.15, 0.2) is 81.0 Å². The van der Waals surface area contributed by atoms with Crippen molar-refractivity contribution < 1.29 is 9.21 Å². The first-order valence-corrected chi connectivity index (χ1v) is 10.4. The molecule has 4 aromatic rings. The number of carbonyl (C=O) groups excluding carboxylic acids is 1. The van der Waals surface area contributed by atoms with Crippen molar-refractivity contribution in [3.8, 4) is 0 Å². The molecule has 0 saturated carbocycles. The Hall–Kier alpha value is -4.04. The summed E-state index contributed by atoms with van der Waals surface area (Å²) >= 11 is 5.24. The van der Waals surface area contributed by atoms with E-state index in [4.69, 9.17) is 22.4 Å². The zero-order chi connectivity index (χ0) is 22.0. The fourth-order valence-corrected chi connectivity index (χ4v) is 4.90. The van der Waals surface area contributed by atoms with E-state index in [2.05, 4.69) is 10.4 Å². The number of rotatable bonds is 1. The van der Waals surface area contributed by atoms with E-state index < -0.39 is 11.2 Å². The lowest BCUT2D eigenvalue weighted by molar-refractivity contribution is -0.124. The van der Waals surface area contributed by atoms with Gasteiger partial charge in [-0.15, -0.1) is 0 Å². The summed E-state index contributed by atoms with van der Waals surface area (Å²) in [6.45, 7) is 0. The molecule has 1 amide bonds. The molecule has 1 atom stereocenters. The number of anilines is 1. The van der Waals surface area contributed by atoms with Gasteiger partial charge in [0, 0.05) is 23.1 Å². The molecular formula is C24H16N4O3S. The van der Waals surface area contributed by atoms with Crippen LogP contribution in [-0.4, -0.2) is 21.7 Å². The Labute approximate surface area is 187 Å². The molecule has 0 aliphatic carbocycles. The van der Waals surface area contributed by atoms with Gasteiger partial charge in [-0.2, -0.15) is 5.10 Å². The smallest absolute Gasteiger partial charge is 0.345 e. The molecular weight excluding hydrogens is 424 g/mol. The third kappa shape index (κ3) is 2.41. The molecule has 1 spiro atoms. The maximum absolute atomic E-state index is 13.2. The van der Waals surface area contributed by atoms with Crippen molar-refractivity contribution in [2.75, 3.05) is 5.32 Å². The molecule has 0 fully saturated rings. The molecule has 3 aromatic carbocycles. The number of nitrogens with zero attached hydrogens (tertiary/aromatic N) is 2. The van der Waals surface area contributed by atoms with E-state index in [1.54, 1.807) is 12.1 Å². The highest BCUT2D eigenvalue weighted by Gasteiger charge is 2.56. The summed E-state index contributed by atoms with van der Waals surface area (Å²) in [6.07, 6.45) is 0.133. The van der Waals surface area contributed by atoms with Crippen LogP contribution in [0.1, 0.15) is 17.5 Å². The van der Waals surface area contributed by atoms with Crippen LogP contribution in [0.2, 0.25) is 0 Å². The van der Waals surface area contributed by atoms with E-state index in [9.17, 15) is 9.59 Å². The first-order chi connectivity index (χ1) is 15.5. The van der Waals surface area contributed by atoms with E-state index >= 15 is 0 Å². The quantitative estimate of drug-likeness (QED) is 0.267. The number of para-hydroxylation sites is 1. The second kappa shape index (κ2) is 6.48. The van der Waals surface area contributed by atoms with E-state index in [1.165, 1.54) is 5.01 Å². The van der Waals surface area contributed by atoms with Gasteiger partial charge in [0.2, 0.25) is 0 Å². The largest absolute Gasteiger partial charge is 0.422 e. The van der Waals surface area contributed by atoms with Gasteiger partial charge < -0.3 is 15.5 Å².